The van der Waals surface area contributed by atoms with Crippen molar-refractivity contribution in [1.29, 1.82) is 0 Å². The average molecular weight is 418 g/mol. The molecule has 1 saturated carbocycles. The summed E-state index contributed by atoms with van der Waals surface area (Å²) >= 11 is 0. The van der Waals surface area contributed by atoms with Crippen molar-refractivity contribution in [2.75, 3.05) is 26.9 Å². The SMILES string of the molecule is C=CCO[C@@H]1CC[C@H]2[C@H]1OCCN2Cc1cccnc1OC.O=C(O)C(F)(F)F. The highest BCUT2D eigenvalue weighted by Gasteiger charge is 2.43. The van der Waals surface area contributed by atoms with Gasteiger partial charge < -0.3 is 19.3 Å². The number of carboxylic acids is 1. The van der Waals surface area contributed by atoms with Crippen molar-refractivity contribution in [2.45, 2.75) is 43.8 Å². The summed E-state index contributed by atoms with van der Waals surface area (Å²) < 4.78 is 49.0. The molecule has 1 aliphatic carbocycles. The Morgan fingerprint density at radius 1 is 1.48 bits per heavy atom. The van der Waals surface area contributed by atoms with Gasteiger partial charge >= 0.3 is 12.1 Å². The van der Waals surface area contributed by atoms with E-state index >= 15 is 0 Å². The van der Waals surface area contributed by atoms with E-state index in [1.807, 2.05) is 6.07 Å². The maximum absolute atomic E-state index is 10.6. The van der Waals surface area contributed by atoms with E-state index in [4.69, 9.17) is 24.1 Å². The summed E-state index contributed by atoms with van der Waals surface area (Å²) in [5, 5.41) is 7.12. The van der Waals surface area contributed by atoms with Crippen LogP contribution >= 0.6 is 0 Å². The topological polar surface area (TPSA) is 81.1 Å². The highest BCUT2D eigenvalue weighted by Crippen LogP contribution is 2.33. The third kappa shape index (κ3) is 6.41. The van der Waals surface area contributed by atoms with Gasteiger partial charge in [-0.3, -0.25) is 4.90 Å². The van der Waals surface area contributed by atoms with Crippen LogP contribution in [0.25, 0.3) is 0 Å². The maximum atomic E-state index is 10.6. The molecule has 162 valence electrons. The van der Waals surface area contributed by atoms with E-state index in [0.717, 1.165) is 38.1 Å². The summed E-state index contributed by atoms with van der Waals surface area (Å²) in [6.07, 6.45) is 0.977. The summed E-state index contributed by atoms with van der Waals surface area (Å²) in [5.41, 5.74) is 1.13. The first-order valence-corrected chi connectivity index (χ1v) is 9.14. The quantitative estimate of drug-likeness (QED) is 0.712. The van der Waals surface area contributed by atoms with E-state index in [0.29, 0.717) is 18.5 Å². The van der Waals surface area contributed by atoms with Crippen LogP contribution in [0.2, 0.25) is 0 Å². The van der Waals surface area contributed by atoms with Crippen molar-refractivity contribution in [1.82, 2.24) is 9.88 Å². The number of morpholine rings is 1. The average Bonchev–Trinajstić information content (AvgIpc) is 3.10. The fraction of sp³-hybridized carbons (Fsp3) is 0.579. The molecule has 1 aliphatic heterocycles. The number of aromatic nitrogens is 1. The van der Waals surface area contributed by atoms with Gasteiger partial charge in [-0.1, -0.05) is 12.1 Å². The minimum Gasteiger partial charge on any atom is -0.481 e. The summed E-state index contributed by atoms with van der Waals surface area (Å²) in [4.78, 5) is 15.7. The highest BCUT2D eigenvalue weighted by molar-refractivity contribution is 5.73. The van der Waals surface area contributed by atoms with Gasteiger partial charge in [-0.2, -0.15) is 13.2 Å². The molecule has 0 unspecified atom stereocenters. The van der Waals surface area contributed by atoms with Crippen LogP contribution in [0, 0.1) is 0 Å². The van der Waals surface area contributed by atoms with Crippen molar-refractivity contribution in [3.63, 3.8) is 0 Å². The Morgan fingerprint density at radius 2 is 2.21 bits per heavy atom. The molecule has 1 aromatic heterocycles. The third-order valence-electron chi connectivity index (χ3n) is 4.74. The minimum absolute atomic E-state index is 0.163. The standard InChI is InChI=1S/C17H24N2O3.C2HF3O2/c1-3-10-21-15-7-6-14-16(15)22-11-9-19(14)12-13-5-4-8-18-17(13)20-2;3-2(4,5)1(6)7/h3-5,8,14-16H,1,6-7,9-12H2,2H3;(H,6,7)/t14-,15+,16+;/m0./s1. The molecular formula is C19H25F3N2O5. The largest absolute Gasteiger partial charge is 0.490 e. The summed E-state index contributed by atoms with van der Waals surface area (Å²) in [6.45, 7) is 6.84. The van der Waals surface area contributed by atoms with Crippen LogP contribution in [0.4, 0.5) is 13.2 Å². The molecular weight excluding hydrogens is 393 g/mol. The maximum Gasteiger partial charge on any atom is 0.490 e. The van der Waals surface area contributed by atoms with Crippen molar-refractivity contribution in [3.05, 3.63) is 36.5 Å². The number of aliphatic carboxylic acids is 1. The molecule has 2 fully saturated rings. The van der Waals surface area contributed by atoms with Crippen molar-refractivity contribution < 1.29 is 37.3 Å². The van der Waals surface area contributed by atoms with Gasteiger partial charge in [0.05, 0.1) is 32.5 Å². The lowest BCUT2D eigenvalue weighted by Gasteiger charge is -2.39. The van der Waals surface area contributed by atoms with Crippen molar-refractivity contribution in [2.24, 2.45) is 0 Å². The molecule has 0 radical (unpaired) electrons. The van der Waals surface area contributed by atoms with E-state index in [1.165, 1.54) is 0 Å². The molecule has 1 aromatic rings. The van der Waals surface area contributed by atoms with Crippen LogP contribution in [-0.4, -0.2) is 72.3 Å². The van der Waals surface area contributed by atoms with Crippen LogP contribution in [0.5, 0.6) is 5.88 Å². The number of halogens is 3. The molecule has 1 saturated heterocycles. The molecule has 10 heteroatoms. The number of fused-ring (bicyclic) bond motifs is 1. The molecule has 0 spiro atoms. The first kappa shape index (κ1) is 23.1. The van der Waals surface area contributed by atoms with E-state index in [1.54, 1.807) is 19.4 Å². The van der Waals surface area contributed by atoms with E-state index in [2.05, 4.69) is 22.5 Å². The number of hydrogen-bond donors (Lipinski definition) is 1. The second-order valence-corrected chi connectivity index (χ2v) is 6.59. The van der Waals surface area contributed by atoms with Gasteiger partial charge in [-0.15, -0.1) is 6.58 Å². The molecule has 1 N–H and O–H groups in total. The monoisotopic (exact) mass is 418 g/mol. The molecule has 2 heterocycles. The Kier molecular flexibility index (Phi) is 8.42. The zero-order valence-electron chi connectivity index (χ0n) is 16.1. The van der Waals surface area contributed by atoms with Crippen LogP contribution in [0.15, 0.2) is 31.0 Å². The van der Waals surface area contributed by atoms with E-state index in [-0.39, 0.29) is 12.2 Å². The van der Waals surface area contributed by atoms with Crippen LogP contribution in [0.3, 0.4) is 0 Å². The number of rotatable bonds is 6. The van der Waals surface area contributed by atoms with Crippen LogP contribution in [0.1, 0.15) is 18.4 Å². The second-order valence-electron chi connectivity index (χ2n) is 6.59. The summed E-state index contributed by atoms with van der Waals surface area (Å²) in [7, 11) is 1.67. The smallest absolute Gasteiger partial charge is 0.481 e. The number of alkyl halides is 3. The van der Waals surface area contributed by atoms with Gasteiger partial charge in [0.15, 0.2) is 0 Å². The van der Waals surface area contributed by atoms with Gasteiger partial charge in [-0.25, -0.2) is 9.78 Å². The molecule has 2 aliphatic rings. The van der Waals surface area contributed by atoms with Gasteiger partial charge in [-0.05, 0) is 18.9 Å². The first-order valence-electron chi connectivity index (χ1n) is 9.14. The number of pyridine rings is 1. The third-order valence-corrected chi connectivity index (χ3v) is 4.74. The van der Waals surface area contributed by atoms with Gasteiger partial charge in [0.1, 0.15) is 0 Å². The fourth-order valence-electron chi connectivity index (χ4n) is 3.51. The Bertz CT molecular complexity index is 686. The fourth-order valence-corrected chi connectivity index (χ4v) is 3.51. The Balaban J connectivity index is 0.000000370. The summed E-state index contributed by atoms with van der Waals surface area (Å²) in [5.74, 6) is -2.05. The normalized spacial score (nSPS) is 24.2. The lowest BCUT2D eigenvalue weighted by atomic mass is 10.1. The van der Waals surface area contributed by atoms with E-state index < -0.39 is 12.1 Å². The van der Waals surface area contributed by atoms with Crippen LogP contribution < -0.4 is 4.74 Å². The molecule has 0 amide bonds. The molecule has 3 atom stereocenters. The molecule has 29 heavy (non-hydrogen) atoms. The number of carbonyl (C=O) groups is 1. The van der Waals surface area contributed by atoms with Gasteiger partial charge in [0.25, 0.3) is 0 Å². The number of nitrogens with zero attached hydrogens (tertiary/aromatic N) is 2. The number of hydrogen-bond acceptors (Lipinski definition) is 6. The minimum atomic E-state index is -5.08. The number of carboxylic acid groups (broad SMARTS) is 1. The molecule has 0 bridgehead atoms. The Hall–Kier alpha value is -2.17. The van der Waals surface area contributed by atoms with E-state index in [9.17, 15) is 13.2 Å². The molecule has 0 aromatic carbocycles. The number of methoxy groups -OCH3 is 1. The molecule has 3 rings (SSSR count). The number of ether oxygens (including phenoxy) is 3. The Morgan fingerprint density at radius 3 is 2.83 bits per heavy atom. The predicted octanol–water partition coefficient (Wildman–Crippen LogP) is 2.66. The first-order chi connectivity index (χ1) is 13.8. The van der Waals surface area contributed by atoms with Crippen molar-refractivity contribution in [3.8, 4) is 5.88 Å². The van der Waals surface area contributed by atoms with Gasteiger partial charge in [0.2, 0.25) is 5.88 Å². The predicted molar refractivity (Wildman–Crippen MR) is 97.6 cm³/mol. The summed E-state index contributed by atoms with van der Waals surface area (Å²) in [6, 6.07) is 4.45. The van der Waals surface area contributed by atoms with Crippen LogP contribution in [-0.2, 0) is 20.8 Å². The second kappa shape index (κ2) is 10.6. The van der Waals surface area contributed by atoms with Crippen molar-refractivity contribution >= 4 is 5.97 Å². The zero-order chi connectivity index (χ0) is 21.4. The Labute approximate surface area is 167 Å². The zero-order valence-corrected chi connectivity index (χ0v) is 16.1. The lowest BCUT2D eigenvalue weighted by Crippen LogP contribution is -2.51. The van der Waals surface area contributed by atoms with Gasteiger partial charge in [0, 0.05) is 30.9 Å². The highest BCUT2D eigenvalue weighted by atomic mass is 19.4. The molecule has 7 nitrogen and oxygen atoms in total. The lowest BCUT2D eigenvalue weighted by molar-refractivity contribution is -0.192.